The molecule has 1 amide bonds. The molecule has 3 rings (SSSR count). The van der Waals surface area contributed by atoms with Gasteiger partial charge in [0.05, 0.1) is 11.3 Å². The minimum Gasteiger partial charge on any atom is -0.747 e. The molecule has 0 aliphatic carbocycles. The van der Waals surface area contributed by atoms with E-state index in [2.05, 4.69) is 15.4 Å². The van der Waals surface area contributed by atoms with Gasteiger partial charge < -0.3 is 15.2 Å². The van der Waals surface area contributed by atoms with Gasteiger partial charge in [0.1, 0.15) is 16.0 Å². The fraction of sp³-hybridized carbons (Fsp3) is 0.0909. The molecule has 0 radical (unpaired) electrons. The van der Waals surface area contributed by atoms with Crippen LogP contribution in [0.5, 0.6) is 0 Å². The Balaban J connectivity index is 0.00000432. The number of hydrogen-bond acceptors (Lipinski definition) is 8. The zero-order chi connectivity index (χ0) is 24.8. The Morgan fingerprint density at radius 3 is 2.03 bits per heavy atom. The van der Waals surface area contributed by atoms with Crippen LogP contribution in [-0.4, -0.2) is 39.0 Å². The molecule has 3 aromatic carbocycles. The smallest absolute Gasteiger partial charge is 0.747 e. The topological polar surface area (TPSA) is 162 Å². The summed E-state index contributed by atoms with van der Waals surface area (Å²) in [6, 6.07) is 19.5. The Kier molecular flexibility index (Phi) is 10.6. The zero-order valence-corrected chi connectivity index (χ0v) is 23.4. The second-order valence-electron chi connectivity index (χ2n) is 7.10. The van der Waals surface area contributed by atoms with Gasteiger partial charge in [-0.1, -0.05) is 36.4 Å². The Bertz CT molecular complexity index is 1400. The van der Waals surface area contributed by atoms with Crippen molar-refractivity contribution in [3.05, 3.63) is 84.4 Å². The predicted octanol–water partition coefficient (Wildman–Crippen LogP) is -0.382. The van der Waals surface area contributed by atoms with Gasteiger partial charge in [0.25, 0.3) is 10.0 Å². The first-order valence-electron chi connectivity index (χ1n) is 9.80. The van der Waals surface area contributed by atoms with Crippen LogP contribution < -0.4 is 66.7 Å². The fourth-order valence-corrected chi connectivity index (χ4v) is 4.31. The van der Waals surface area contributed by atoms with Crippen LogP contribution in [0.3, 0.4) is 0 Å². The van der Waals surface area contributed by atoms with Crippen LogP contribution in [-0.2, 0) is 24.9 Å². The van der Waals surface area contributed by atoms with Crippen molar-refractivity contribution in [3.8, 4) is 0 Å². The standard InChI is InChI=1S/C22H21N3O7S2.K/c26-21(16-5-2-1-3-6-16)14-22(27)24-17-9-11-18(12-10-17)25-34(31,32)20-8-4-7-19(13-20)23-15-33(28,29)30;/h1-13,23,25H,14-15H2,(H,24,27)(H,28,29,30);/q;+1/p-1. The summed E-state index contributed by atoms with van der Waals surface area (Å²) in [4.78, 5) is 24.1. The maximum absolute atomic E-state index is 12.6. The molecule has 13 heteroatoms. The number of nitrogens with one attached hydrogen (secondary N) is 3. The van der Waals surface area contributed by atoms with Crippen molar-refractivity contribution in [2.24, 2.45) is 0 Å². The number of Topliss-reactive ketones (excluding diaryl/α,β-unsaturated/α-hetero) is 1. The molecule has 0 bridgehead atoms. The van der Waals surface area contributed by atoms with Crippen molar-refractivity contribution < 1.29 is 82.4 Å². The Morgan fingerprint density at radius 1 is 0.771 bits per heavy atom. The van der Waals surface area contributed by atoms with Crippen LogP contribution >= 0.6 is 0 Å². The maximum Gasteiger partial charge on any atom is 1.00 e. The number of hydrogen-bond donors (Lipinski definition) is 3. The summed E-state index contributed by atoms with van der Waals surface area (Å²) < 4.78 is 59.9. The minimum atomic E-state index is -4.53. The van der Waals surface area contributed by atoms with Gasteiger partial charge >= 0.3 is 51.4 Å². The van der Waals surface area contributed by atoms with E-state index in [1.54, 1.807) is 30.3 Å². The summed E-state index contributed by atoms with van der Waals surface area (Å²) in [6.07, 6.45) is -0.337. The molecule has 0 saturated carbocycles. The predicted molar refractivity (Wildman–Crippen MR) is 126 cm³/mol. The summed E-state index contributed by atoms with van der Waals surface area (Å²) in [5.74, 6) is -1.72. The average molecular weight is 542 g/mol. The molecule has 0 spiro atoms. The summed E-state index contributed by atoms with van der Waals surface area (Å²) >= 11 is 0. The van der Waals surface area contributed by atoms with Gasteiger partial charge in [-0.05, 0) is 42.5 Å². The third kappa shape index (κ3) is 9.46. The zero-order valence-electron chi connectivity index (χ0n) is 18.6. The molecular formula is C22H20KN3O7S2. The van der Waals surface area contributed by atoms with Crippen molar-refractivity contribution in [2.45, 2.75) is 11.3 Å². The molecule has 0 unspecified atom stereocenters. The number of ketones is 1. The molecule has 0 heterocycles. The molecule has 35 heavy (non-hydrogen) atoms. The summed E-state index contributed by atoms with van der Waals surface area (Å²) in [7, 11) is -8.55. The Hall–Kier alpha value is -2.10. The molecule has 0 atom stereocenters. The van der Waals surface area contributed by atoms with Gasteiger partial charge in [-0.25, -0.2) is 16.8 Å². The van der Waals surface area contributed by atoms with Gasteiger partial charge in [-0.2, -0.15) is 0 Å². The van der Waals surface area contributed by atoms with Crippen LogP contribution in [0, 0.1) is 0 Å². The van der Waals surface area contributed by atoms with Crippen LogP contribution in [0.2, 0.25) is 0 Å². The first kappa shape index (κ1) is 29.1. The van der Waals surface area contributed by atoms with E-state index in [1.807, 2.05) is 0 Å². The van der Waals surface area contributed by atoms with Crippen LogP contribution in [0.4, 0.5) is 17.1 Å². The SMILES string of the molecule is O=C(CC(=O)c1ccccc1)Nc1ccc(NS(=O)(=O)c2cccc(NCS(=O)(=O)[O-])c2)cc1.[K+]. The van der Waals surface area contributed by atoms with Crippen molar-refractivity contribution >= 4 is 48.9 Å². The first-order chi connectivity index (χ1) is 16.0. The Morgan fingerprint density at radius 2 is 1.40 bits per heavy atom. The van der Waals surface area contributed by atoms with Gasteiger partial charge in [0, 0.05) is 22.6 Å². The summed E-state index contributed by atoms with van der Waals surface area (Å²) in [5.41, 5.74) is 1.15. The average Bonchev–Trinajstić information content (AvgIpc) is 2.79. The second-order valence-corrected chi connectivity index (χ2v) is 10.2. The number of carbonyl (C=O) groups excluding carboxylic acids is 2. The third-order valence-corrected chi connectivity index (χ3v) is 6.31. The van der Waals surface area contributed by atoms with E-state index >= 15 is 0 Å². The van der Waals surface area contributed by atoms with Crippen molar-refractivity contribution in [1.82, 2.24) is 0 Å². The largest absolute Gasteiger partial charge is 1.00 e. The van der Waals surface area contributed by atoms with E-state index in [0.717, 1.165) is 0 Å². The van der Waals surface area contributed by atoms with Crippen LogP contribution in [0.15, 0.2) is 83.8 Å². The quantitative estimate of drug-likeness (QED) is 0.135. The molecule has 10 nitrogen and oxygen atoms in total. The minimum absolute atomic E-state index is 0. The van der Waals surface area contributed by atoms with E-state index in [0.29, 0.717) is 11.3 Å². The van der Waals surface area contributed by atoms with Gasteiger partial charge in [-0.3, -0.25) is 14.3 Å². The number of sulfonamides is 1. The number of carbonyl (C=O) groups is 2. The summed E-state index contributed by atoms with van der Waals surface area (Å²) in [5, 5.41) is 4.93. The summed E-state index contributed by atoms with van der Waals surface area (Å²) in [6.45, 7) is 0. The Labute approximate surface area is 245 Å². The van der Waals surface area contributed by atoms with Crippen LogP contribution in [0.25, 0.3) is 0 Å². The number of rotatable bonds is 10. The monoisotopic (exact) mass is 541 g/mol. The molecule has 3 N–H and O–H groups in total. The van der Waals surface area contributed by atoms with E-state index in [1.165, 1.54) is 48.5 Å². The van der Waals surface area contributed by atoms with E-state index < -0.39 is 31.9 Å². The molecule has 0 aliphatic rings. The molecular weight excluding hydrogens is 521 g/mol. The fourth-order valence-electron chi connectivity index (χ4n) is 2.86. The number of benzene rings is 3. The van der Waals surface area contributed by atoms with Crippen molar-refractivity contribution in [2.75, 3.05) is 21.2 Å². The van der Waals surface area contributed by atoms with Crippen LogP contribution in [0.1, 0.15) is 16.8 Å². The van der Waals surface area contributed by atoms with Crippen molar-refractivity contribution in [1.29, 1.82) is 0 Å². The third-order valence-electron chi connectivity index (χ3n) is 4.44. The van der Waals surface area contributed by atoms with E-state index in [4.69, 9.17) is 0 Å². The number of anilines is 3. The van der Waals surface area contributed by atoms with Gasteiger partial charge in [0.2, 0.25) is 5.91 Å². The molecule has 3 aromatic rings. The second kappa shape index (κ2) is 12.7. The van der Waals surface area contributed by atoms with Gasteiger partial charge in [0.15, 0.2) is 5.78 Å². The molecule has 0 aromatic heterocycles. The number of amides is 1. The molecule has 0 aliphatic heterocycles. The van der Waals surface area contributed by atoms with Gasteiger partial charge in [-0.15, -0.1) is 0 Å². The normalized spacial score (nSPS) is 11.1. The van der Waals surface area contributed by atoms with E-state index in [9.17, 15) is 31.0 Å². The molecule has 178 valence electrons. The van der Waals surface area contributed by atoms with Crippen molar-refractivity contribution in [3.63, 3.8) is 0 Å². The molecule has 0 saturated heterocycles. The molecule has 0 fully saturated rings. The van der Waals surface area contributed by atoms with E-state index in [-0.39, 0.29) is 79.9 Å². The maximum atomic E-state index is 12.6. The first-order valence-corrected chi connectivity index (χ1v) is 12.9.